The molecule has 1 aromatic carbocycles. The first kappa shape index (κ1) is 25.6. The summed E-state index contributed by atoms with van der Waals surface area (Å²) < 4.78 is 65.9. The Morgan fingerprint density at radius 1 is 1.10 bits per heavy atom. The Bertz CT molecular complexity index is 838. The zero-order chi connectivity index (χ0) is 23.4. The summed E-state index contributed by atoms with van der Waals surface area (Å²) in [6.07, 6.45) is -2.82. The highest BCUT2D eigenvalue weighted by Crippen LogP contribution is 2.28. The van der Waals surface area contributed by atoms with Gasteiger partial charge < -0.3 is 4.90 Å². The van der Waals surface area contributed by atoms with Crippen LogP contribution in [0.5, 0.6) is 0 Å². The summed E-state index contributed by atoms with van der Waals surface area (Å²) in [5.74, 6) is -1.12. The van der Waals surface area contributed by atoms with Crippen molar-refractivity contribution in [3.63, 3.8) is 0 Å². The summed E-state index contributed by atoms with van der Waals surface area (Å²) in [6, 6.07) is 6.77. The van der Waals surface area contributed by atoms with Crippen molar-refractivity contribution in [3.8, 4) is 0 Å². The second-order valence-electron chi connectivity index (χ2n) is 9.18. The molecular formula is C22H33F3N2O3S. The molecule has 0 radical (unpaired) electrons. The molecule has 31 heavy (non-hydrogen) atoms. The quantitative estimate of drug-likeness (QED) is 0.596. The van der Waals surface area contributed by atoms with E-state index in [0.29, 0.717) is 12.8 Å². The number of piperidine rings is 1. The smallest absolute Gasteiger partial charge is 0.333 e. The molecule has 1 aliphatic heterocycles. The number of amides is 1. The molecule has 1 amide bonds. The molecule has 9 heteroatoms. The van der Waals surface area contributed by atoms with Crippen LogP contribution in [0.3, 0.4) is 0 Å². The number of rotatable bonds is 7. The molecule has 1 aromatic rings. The van der Waals surface area contributed by atoms with Crippen LogP contribution in [-0.2, 0) is 20.2 Å². The Morgan fingerprint density at radius 2 is 1.65 bits per heavy atom. The highest BCUT2D eigenvalue weighted by molar-refractivity contribution is 7.89. The third-order valence-corrected chi connectivity index (χ3v) is 7.54. The van der Waals surface area contributed by atoms with Crippen molar-refractivity contribution < 1.29 is 26.4 Å². The lowest BCUT2D eigenvalue weighted by molar-refractivity contribution is -0.164. The Balaban J connectivity index is 2.05. The largest absolute Gasteiger partial charge is 0.406 e. The van der Waals surface area contributed by atoms with Crippen LogP contribution in [0.1, 0.15) is 58.9 Å². The van der Waals surface area contributed by atoms with Gasteiger partial charge in [0, 0.05) is 25.6 Å². The van der Waals surface area contributed by atoms with Gasteiger partial charge >= 0.3 is 6.18 Å². The molecule has 0 aromatic heterocycles. The summed E-state index contributed by atoms with van der Waals surface area (Å²) >= 11 is 0. The zero-order valence-corrected chi connectivity index (χ0v) is 19.5. The van der Waals surface area contributed by atoms with Gasteiger partial charge in [0.1, 0.15) is 6.54 Å². The van der Waals surface area contributed by atoms with E-state index in [2.05, 4.69) is 0 Å². The van der Waals surface area contributed by atoms with E-state index in [9.17, 15) is 26.4 Å². The summed E-state index contributed by atoms with van der Waals surface area (Å²) in [6.45, 7) is 7.02. The third-order valence-electron chi connectivity index (χ3n) is 5.62. The number of alkyl halides is 3. The minimum Gasteiger partial charge on any atom is -0.333 e. The molecular weight excluding hydrogens is 429 g/mol. The van der Waals surface area contributed by atoms with Crippen LogP contribution >= 0.6 is 0 Å². The van der Waals surface area contributed by atoms with Crippen molar-refractivity contribution in [1.82, 2.24) is 9.21 Å². The van der Waals surface area contributed by atoms with Crippen molar-refractivity contribution in [2.24, 2.45) is 5.92 Å². The molecule has 0 spiro atoms. The third kappa shape index (κ3) is 6.94. The van der Waals surface area contributed by atoms with Gasteiger partial charge in [-0.25, -0.2) is 8.42 Å². The molecule has 176 valence electrons. The molecule has 1 saturated heterocycles. The normalized spacial score (nSPS) is 17.0. The van der Waals surface area contributed by atoms with E-state index in [4.69, 9.17) is 0 Å². The number of nitrogens with zero attached hydrogens (tertiary/aromatic N) is 2. The van der Waals surface area contributed by atoms with Gasteiger partial charge in [-0.05, 0) is 42.4 Å². The van der Waals surface area contributed by atoms with Crippen molar-refractivity contribution >= 4 is 15.9 Å². The second kappa shape index (κ2) is 9.90. The Kier molecular flexibility index (Phi) is 8.19. The van der Waals surface area contributed by atoms with Gasteiger partial charge in [0.25, 0.3) is 0 Å². The lowest BCUT2D eigenvalue weighted by Crippen LogP contribution is -2.47. The van der Waals surface area contributed by atoms with E-state index < -0.39 is 34.6 Å². The average Bonchev–Trinajstić information content (AvgIpc) is 2.69. The predicted octanol–water partition coefficient (Wildman–Crippen LogP) is 4.58. The first-order valence-corrected chi connectivity index (χ1v) is 12.2. The SMILES string of the molecule is CCCCN(CC(F)(F)F)C(=O)C1CCN(S(=O)(=O)c2ccc(C(C)(C)C)cc2)CC1. The Labute approximate surface area is 183 Å². The van der Waals surface area contributed by atoms with Crippen LogP contribution in [0.4, 0.5) is 13.2 Å². The summed E-state index contributed by atoms with van der Waals surface area (Å²) in [4.78, 5) is 13.8. The summed E-state index contributed by atoms with van der Waals surface area (Å²) in [7, 11) is -3.71. The maximum atomic E-state index is 13.0. The molecule has 0 unspecified atom stereocenters. The number of halogens is 3. The molecule has 0 bridgehead atoms. The maximum Gasteiger partial charge on any atom is 0.406 e. The molecule has 2 rings (SSSR count). The molecule has 0 atom stereocenters. The Morgan fingerprint density at radius 3 is 2.10 bits per heavy atom. The van der Waals surface area contributed by atoms with E-state index >= 15 is 0 Å². The minimum atomic E-state index is -4.45. The number of benzene rings is 1. The number of carbonyl (C=O) groups excluding carboxylic acids is 1. The molecule has 1 heterocycles. The Hall–Kier alpha value is -1.61. The first-order valence-electron chi connectivity index (χ1n) is 10.7. The molecule has 5 nitrogen and oxygen atoms in total. The molecule has 0 saturated carbocycles. The minimum absolute atomic E-state index is 0.0630. The van der Waals surface area contributed by atoms with Gasteiger partial charge in [0.2, 0.25) is 15.9 Å². The highest BCUT2D eigenvalue weighted by Gasteiger charge is 2.38. The van der Waals surface area contributed by atoms with Crippen molar-refractivity contribution in [1.29, 1.82) is 0 Å². The van der Waals surface area contributed by atoms with Gasteiger partial charge in [0.15, 0.2) is 0 Å². The van der Waals surface area contributed by atoms with Gasteiger partial charge in [-0.15, -0.1) is 0 Å². The monoisotopic (exact) mass is 462 g/mol. The van der Waals surface area contributed by atoms with Crippen LogP contribution in [0.25, 0.3) is 0 Å². The van der Waals surface area contributed by atoms with E-state index in [-0.39, 0.29) is 42.8 Å². The van der Waals surface area contributed by atoms with Gasteiger partial charge in [-0.2, -0.15) is 17.5 Å². The fourth-order valence-electron chi connectivity index (χ4n) is 3.71. The lowest BCUT2D eigenvalue weighted by Gasteiger charge is -2.34. The van der Waals surface area contributed by atoms with Gasteiger partial charge in [-0.3, -0.25) is 4.79 Å². The molecule has 0 aliphatic carbocycles. The lowest BCUT2D eigenvalue weighted by atomic mass is 9.87. The molecule has 1 fully saturated rings. The van der Waals surface area contributed by atoms with Crippen LogP contribution < -0.4 is 0 Å². The predicted molar refractivity (Wildman–Crippen MR) is 114 cm³/mol. The van der Waals surface area contributed by atoms with E-state index in [1.54, 1.807) is 24.3 Å². The number of carbonyl (C=O) groups is 1. The summed E-state index contributed by atoms with van der Waals surface area (Å²) in [5.41, 5.74) is 0.925. The number of hydrogen-bond donors (Lipinski definition) is 0. The van der Waals surface area contributed by atoms with E-state index in [1.807, 2.05) is 27.7 Å². The first-order chi connectivity index (χ1) is 14.3. The highest BCUT2D eigenvalue weighted by atomic mass is 32.2. The number of sulfonamides is 1. The van der Waals surface area contributed by atoms with Gasteiger partial charge in [-0.1, -0.05) is 46.2 Å². The van der Waals surface area contributed by atoms with E-state index in [1.165, 1.54) is 4.31 Å². The van der Waals surface area contributed by atoms with Gasteiger partial charge in [0.05, 0.1) is 4.90 Å². The van der Waals surface area contributed by atoms with E-state index in [0.717, 1.165) is 10.5 Å². The van der Waals surface area contributed by atoms with Crippen LogP contribution in [-0.4, -0.2) is 55.9 Å². The topological polar surface area (TPSA) is 57.7 Å². The number of hydrogen-bond acceptors (Lipinski definition) is 3. The van der Waals surface area contributed by atoms with Crippen LogP contribution in [0, 0.1) is 5.92 Å². The molecule has 0 N–H and O–H groups in total. The fourth-order valence-corrected chi connectivity index (χ4v) is 5.18. The van der Waals surface area contributed by atoms with Crippen molar-refractivity contribution in [2.45, 2.75) is 69.9 Å². The van der Waals surface area contributed by atoms with Crippen molar-refractivity contribution in [3.05, 3.63) is 29.8 Å². The second-order valence-corrected chi connectivity index (χ2v) is 11.1. The average molecular weight is 463 g/mol. The number of unbranched alkanes of at least 4 members (excludes halogenated alkanes) is 1. The van der Waals surface area contributed by atoms with Crippen molar-refractivity contribution in [2.75, 3.05) is 26.2 Å². The zero-order valence-electron chi connectivity index (χ0n) is 18.7. The van der Waals surface area contributed by atoms with Crippen LogP contribution in [0.2, 0.25) is 0 Å². The standard InChI is InChI=1S/C22H33F3N2O3S/c1-5-6-13-26(16-22(23,24)25)20(28)17-11-14-27(15-12-17)31(29,30)19-9-7-18(8-10-19)21(2,3)4/h7-10,17H,5-6,11-16H2,1-4H3. The molecule has 1 aliphatic rings. The van der Waals surface area contributed by atoms with Crippen LogP contribution in [0.15, 0.2) is 29.2 Å². The fraction of sp³-hybridized carbons (Fsp3) is 0.682. The summed E-state index contributed by atoms with van der Waals surface area (Å²) in [5, 5.41) is 0. The maximum absolute atomic E-state index is 13.0.